The van der Waals surface area contributed by atoms with Gasteiger partial charge < -0.3 is 5.32 Å². The van der Waals surface area contributed by atoms with Gasteiger partial charge in [0, 0.05) is 16.6 Å². The van der Waals surface area contributed by atoms with E-state index >= 15 is 0 Å². The first-order valence-electron chi connectivity index (χ1n) is 11.0. The fourth-order valence-corrected chi connectivity index (χ4v) is 4.72. The number of aryl methyl sites for hydroxylation is 2. The van der Waals surface area contributed by atoms with E-state index in [9.17, 15) is 18.0 Å². The lowest BCUT2D eigenvalue weighted by Gasteiger charge is -2.14. The molecule has 0 spiro atoms. The first-order valence-corrected chi connectivity index (χ1v) is 12.7. The highest BCUT2D eigenvalue weighted by Crippen LogP contribution is 2.36. The number of anilines is 1. The van der Waals surface area contributed by atoms with E-state index in [-0.39, 0.29) is 15.9 Å². The summed E-state index contributed by atoms with van der Waals surface area (Å²) >= 11 is 4.16. The topological polar surface area (TPSA) is 59.8 Å². The maximum Gasteiger partial charge on any atom is 0.418 e. The monoisotopic (exact) mass is 574 g/mol. The Hall–Kier alpha value is -3.11. The lowest BCUT2D eigenvalue weighted by Crippen LogP contribution is -2.18. The number of carbonyl (C=O) groups is 1. The Kier molecular flexibility index (Phi) is 7.85. The fraction of sp³-hybridized carbons (Fsp3) is 0.192. The minimum Gasteiger partial charge on any atom is -0.325 e. The van der Waals surface area contributed by atoms with Crippen molar-refractivity contribution in [1.82, 2.24) is 14.8 Å². The normalized spacial score (nSPS) is 11.5. The van der Waals surface area contributed by atoms with E-state index in [4.69, 9.17) is 0 Å². The Morgan fingerprint density at radius 1 is 1.00 bits per heavy atom. The van der Waals surface area contributed by atoms with Crippen molar-refractivity contribution in [3.8, 4) is 5.69 Å². The molecule has 0 unspecified atom stereocenters. The number of nitrogens with one attached hydrogen (secondary N) is 1. The molecule has 0 aliphatic carbocycles. The highest BCUT2D eigenvalue weighted by Gasteiger charge is 2.34. The van der Waals surface area contributed by atoms with Gasteiger partial charge >= 0.3 is 6.18 Å². The van der Waals surface area contributed by atoms with Crippen molar-refractivity contribution >= 4 is 39.3 Å². The van der Waals surface area contributed by atoms with Crippen molar-refractivity contribution < 1.29 is 18.0 Å². The van der Waals surface area contributed by atoms with Crippen LogP contribution in [0.3, 0.4) is 0 Å². The van der Waals surface area contributed by atoms with E-state index in [1.54, 1.807) is 0 Å². The maximum absolute atomic E-state index is 13.4. The van der Waals surface area contributed by atoms with Gasteiger partial charge in [-0.15, -0.1) is 10.2 Å². The van der Waals surface area contributed by atoms with Crippen LogP contribution in [-0.2, 0) is 17.4 Å². The van der Waals surface area contributed by atoms with Crippen molar-refractivity contribution in [2.45, 2.75) is 31.6 Å². The van der Waals surface area contributed by atoms with Crippen molar-refractivity contribution in [2.75, 3.05) is 11.1 Å². The second-order valence-electron chi connectivity index (χ2n) is 8.19. The quantitative estimate of drug-likeness (QED) is 0.242. The van der Waals surface area contributed by atoms with Gasteiger partial charge in [-0.3, -0.25) is 9.36 Å². The average molecular weight is 575 g/mol. The predicted octanol–water partition coefficient (Wildman–Crippen LogP) is 6.99. The molecule has 0 fully saturated rings. The molecule has 4 aromatic rings. The number of thioether (sulfide) groups is 1. The molecule has 1 aromatic heterocycles. The first-order chi connectivity index (χ1) is 17.1. The van der Waals surface area contributed by atoms with Crippen molar-refractivity contribution in [3.63, 3.8) is 0 Å². The second kappa shape index (κ2) is 10.9. The summed E-state index contributed by atoms with van der Waals surface area (Å²) in [5.41, 5.74) is 2.93. The Balaban J connectivity index is 1.58. The third kappa shape index (κ3) is 6.17. The first kappa shape index (κ1) is 26.0. The largest absolute Gasteiger partial charge is 0.418 e. The standard InChI is InChI=1S/C26H22BrF3N4OS/c1-16-8-10-20(12-17(16)2)34-23(13-18-6-4-3-5-7-18)32-33-25(34)36-15-24(35)31-22-11-9-19(27)14-21(22)26(28,29)30/h3-12,14H,13,15H2,1-2H3,(H,31,35). The molecule has 5 nitrogen and oxygen atoms in total. The highest BCUT2D eigenvalue weighted by molar-refractivity contribution is 9.10. The van der Waals surface area contributed by atoms with Crippen molar-refractivity contribution in [2.24, 2.45) is 0 Å². The predicted molar refractivity (Wildman–Crippen MR) is 139 cm³/mol. The minimum atomic E-state index is -4.60. The van der Waals surface area contributed by atoms with E-state index in [2.05, 4.69) is 31.4 Å². The van der Waals surface area contributed by atoms with Gasteiger partial charge in [0.1, 0.15) is 5.82 Å². The maximum atomic E-state index is 13.4. The van der Waals surface area contributed by atoms with Gasteiger partial charge in [-0.25, -0.2) is 0 Å². The molecule has 36 heavy (non-hydrogen) atoms. The molecule has 4 rings (SSSR count). The Morgan fingerprint density at radius 2 is 1.75 bits per heavy atom. The number of alkyl halides is 3. The molecule has 0 saturated carbocycles. The number of halogens is 4. The molecule has 1 amide bonds. The van der Waals surface area contributed by atoms with Gasteiger partial charge in [0.05, 0.1) is 17.0 Å². The Bertz CT molecular complexity index is 1390. The van der Waals surface area contributed by atoms with Crippen LogP contribution in [0.4, 0.5) is 18.9 Å². The summed E-state index contributed by atoms with van der Waals surface area (Å²) < 4.78 is 42.4. The summed E-state index contributed by atoms with van der Waals surface area (Å²) in [6.45, 7) is 4.03. The summed E-state index contributed by atoms with van der Waals surface area (Å²) in [4.78, 5) is 12.6. The smallest absolute Gasteiger partial charge is 0.325 e. The van der Waals surface area contributed by atoms with Gasteiger partial charge in [0.15, 0.2) is 5.16 Å². The van der Waals surface area contributed by atoms with Gasteiger partial charge in [-0.05, 0) is 60.9 Å². The van der Waals surface area contributed by atoms with Gasteiger partial charge in [0.2, 0.25) is 5.91 Å². The summed E-state index contributed by atoms with van der Waals surface area (Å²) in [5, 5.41) is 11.5. The number of aromatic nitrogens is 3. The van der Waals surface area contributed by atoms with Gasteiger partial charge in [-0.2, -0.15) is 13.2 Å². The third-order valence-electron chi connectivity index (χ3n) is 5.55. The molecule has 1 heterocycles. The lowest BCUT2D eigenvalue weighted by atomic mass is 10.1. The number of amides is 1. The number of nitrogens with zero attached hydrogens (tertiary/aromatic N) is 3. The van der Waals surface area contributed by atoms with Crippen LogP contribution in [0.1, 0.15) is 28.1 Å². The molecule has 0 atom stereocenters. The summed E-state index contributed by atoms with van der Waals surface area (Å²) in [7, 11) is 0. The van der Waals surface area contributed by atoms with Crippen LogP contribution in [0.2, 0.25) is 0 Å². The van der Waals surface area contributed by atoms with Crippen LogP contribution in [0.25, 0.3) is 5.69 Å². The van der Waals surface area contributed by atoms with E-state index in [1.165, 1.54) is 12.1 Å². The third-order valence-corrected chi connectivity index (χ3v) is 6.97. The summed E-state index contributed by atoms with van der Waals surface area (Å²) in [6, 6.07) is 19.4. The van der Waals surface area contributed by atoms with Crippen LogP contribution in [0.5, 0.6) is 0 Å². The minimum absolute atomic E-state index is 0.137. The molecule has 0 aliphatic rings. The van der Waals surface area contributed by atoms with E-state index < -0.39 is 17.6 Å². The molecular weight excluding hydrogens is 553 g/mol. The van der Waals surface area contributed by atoms with Gasteiger partial charge in [-0.1, -0.05) is 64.1 Å². The molecule has 0 bridgehead atoms. The summed E-state index contributed by atoms with van der Waals surface area (Å²) in [5.74, 6) is -0.0199. The highest BCUT2D eigenvalue weighted by atomic mass is 79.9. The van der Waals surface area contributed by atoms with Gasteiger partial charge in [0.25, 0.3) is 0 Å². The number of hydrogen-bond donors (Lipinski definition) is 1. The summed E-state index contributed by atoms with van der Waals surface area (Å²) in [6.07, 6.45) is -4.07. The molecule has 3 aromatic carbocycles. The van der Waals surface area contributed by atoms with E-state index in [0.717, 1.165) is 40.2 Å². The van der Waals surface area contributed by atoms with Crippen molar-refractivity contribution in [1.29, 1.82) is 0 Å². The average Bonchev–Trinajstić information content (AvgIpc) is 3.23. The molecule has 10 heteroatoms. The van der Waals surface area contributed by atoms with Crippen LogP contribution < -0.4 is 5.32 Å². The van der Waals surface area contributed by atoms with Crippen LogP contribution in [0, 0.1) is 13.8 Å². The number of benzene rings is 3. The molecule has 1 N–H and O–H groups in total. The molecule has 0 radical (unpaired) electrons. The fourth-order valence-electron chi connectivity index (χ4n) is 3.59. The Labute approximate surface area is 219 Å². The zero-order chi connectivity index (χ0) is 25.9. The Morgan fingerprint density at radius 3 is 2.44 bits per heavy atom. The SMILES string of the molecule is Cc1ccc(-n2c(Cc3ccccc3)nnc2SCC(=O)Nc2ccc(Br)cc2C(F)(F)F)cc1C. The van der Waals surface area contributed by atoms with Crippen LogP contribution >= 0.6 is 27.7 Å². The van der Waals surface area contributed by atoms with Crippen LogP contribution in [-0.4, -0.2) is 26.4 Å². The molecular formula is C26H22BrF3N4OS. The molecule has 0 aliphatic heterocycles. The molecule has 186 valence electrons. The number of hydrogen-bond acceptors (Lipinski definition) is 4. The zero-order valence-electron chi connectivity index (χ0n) is 19.4. The number of carbonyl (C=O) groups excluding carboxylic acids is 1. The molecule has 0 saturated heterocycles. The van der Waals surface area contributed by atoms with Crippen molar-refractivity contribution in [3.05, 3.63) is 99.3 Å². The second-order valence-corrected chi connectivity index (χ2v) is 10.0. The number of rotatable bonds is 7. The van der Waals surface area contributed by atoms with E-state index in [0.29, 0.717) is 17.4 Å². The zero-order valence-corrected chi connectivity index (χ0v) is 21.8. The van der Waals surface area contributed by atoms with E-state index in [1.807, 2.05) is 66.9 Å². The van der Waals surface area contributed by atoms with Crippen LogP contribution in [0.15, 0.2) is 76.4 Å². The lowest BCUT2D eigenvalue weighted by molar-refractivity contribution is -0.137.